The van der Waals surface area contributed by atoms with Crippen molar-refractivity contribution in [3.8, 4) is 0 Å². The molecule has 2 aromatic carbocycles. The Morgan fingerprint density at radius 2 is 1.66 bits per heavy atom. The van der Waals surface area contributed by atoms with Crippen LogP contribution in [0.25, 0.3) is 0 Å². The number of halogens is 4. The van der Waals surface area contributed by atoms with Gasteiger partial charge in [0.05, 0.1) is 10.5 Å². The number of sulfonamides is 1. The quantitative estimate of drug-likeness (QED) is 0.785. The standard InChI is InChI=1S/C19H20F3N3O2S.ClH/c20-19(21,22)15-4-2-5-16(11-15)28(26,27)25-12-14-3-1-6-18(17(14)13-25)24-9-7-23-8-10-24;/h1-6,11,23H,7-10,12-13H2;1H. The van der Waals surface area contributed by atoms with Crippen molar-refractivity contribution < 1.29 is 21.6 Å². The fraction of sp³-hybridized carbons (Fsp3) is 0.368. The lowest BCUT2D eigenvalue weighted by molar-refractivity contribution is -0.137. The lowest BCUT2D eigenvalue weighted by Gasteiger charge is -2.31. The second kappa shape index (κ2) is 8.14. The van der Waals surface area contributed by atoms with E-state index in [0.717, 1.165) is 55.1 Å². The van der Waals surface area contributed by atoms with E-state index in [1.54, 1.807) is 0 Å². The molecule has 10 heteroatoms. The van der Waals surface area contributed by atoms with Crippen molar-refractivity contribution in [2.75, 3.05) is 31.1 Å². The molecule has 2 aliphatic heterocycles. The molecule has 5 nitrogen and oxygen atoms in total. The molecule has 1 N–H and O–H groups in total. The van der Waals surface area contributed by atoms with Gasteiger partial charge in [-0.05, 0) is 35.4 Å². The van der Waals surface area contributed by atoms with E-state index in [-0.39, 0.29) is 30.4 Å². The van der Waals surface area contributed by atoms with E-state index < -0.39 is 21.8 Å². The van der Waals surface area contributed by atoms with Crippen LogP contribution in [0.3, 0.4) is 0 Å². The normalized spacial score (nSPS) is 17.7. The fourth-order valence-electron chi connectivity index (χ4n) is 3.73. The Morgan fingerprint density at radius 3 is 2.34 bits per heavy atom. The Labute approximate surface area is 174 Å². The van der Waals surface area contributed by atoms with Gasteiger partial charge in [0.1, 0.15) is 0 Å². The maximum Gasteiger partial charge on any atom is 0.416 e. The number of benzene rings is 2. The van der Waals surface area contributed by atoms with Gasteiger partial charge in [-0.1, -0.05) is 18.2 Å². The first kappa shape index (κ1) is 21.9. The zero-order chi connectivity index (χ0) is 19.9. The van der Waals surface area contributed by atoms with Crippen LogP contribution in [-0.2, 0) is 29.3 Å². The third-order valence-electron chi connectivity index (χ3n) is 5.19. The molecule has 158 valence electrons. The van der Waals surface area contributed by atoms with Crippen molar-refractivity contribution in [1.82, 2.24) is 9.62 Å². The second-order valence-corrected chi connectivity index (χ2v) is 8.89. The van der Waals surface area contributed by atoms with E-state index in [1.807, 2.05) is 18.2 Å². The van der Waals surface area contributed by atoms with Gasteiger partial charge in [-0.2, -0.15) is 17.5 Å². The number of nitrogens with zero attached hydrogens (tertiary/aromatic N) is 2. The van der Waals surface area contributed by atoms with E-state index in [4.69, 9.17) is 0 Å². The molecule has 2 aliphatic rings. The van der Waals surface area contributed by atoms with E-state index in [2.05, 4.69) is 10.2 Å². The maximum atomic E-state index is 13.0. The molecule has 0 amide bonds. The summed E-state index contributed by atoms with van der Waals surface area (Å²) in [5.41, 5.74) is 1.86. The number of alkyl halides is 3. The van der Waals surface area contributed by atoms with Gasteiger partial charge in [-0.25, -0.2) is 8.42 Å². The second-order valence-electron chi connectivity index (χ2n) is 6.95. The van der Waals surface area contributed by atoms with E-state index in [9.17, 15) is 21.6 Å². The lowest BCUT2D eigenvalue weighted by atomic mass is 10.1. The van der Waals surface area contributed by atoms with Crippen LogP contribution in [0.1, 0.15) is 16.7 Å². The highest BCUT2D eigenvalue weighted by Crippen LogP contribution is 2.36. The Bertz CT molecular complexity index is 992. The van der Waals surface area contributed by atoms with Gasteiger partial charge in [0, 0.05) is 45.0 Å². The highest BCUT2D eigenvalue weighted by Gasteiger charge is 2.35. The van der Waals surface area contributed by atoms with Crippen LogP contribution in [0, 0.1) is 0 Å². The average molecular weight is 448 g/mol. The highest BCUT2D eigenvalue weighted by molar-refractivity contribution is 7.89. The summed E-state index contributed by atoms with van der Waals surface area (Å²) < 4.78 is 66.2. The molecule has 0 spiro atoms. The molecule has 0 unspecified atom stereocenters. The maximum absolute atomic E-state index is 13.0. The number of hydrogen-bond donors (Lipinski definition) is 1. The predicted octanol–water partition coefficient (Wildman–Crippen LogP) is 3.24. The van der Waals surface area contributed by atoms with Crippen molar-refractivity contribution in [2.24, 2.45) is 0 Å². The van der Waals surface area contributed by atoms with Gasteiger partial charge in [0.15, 0.2) is 0 Å². The first-order valence-electron chi connectivity index (χ1n) is 9.01. The van der Waals surface area contributed by atoms with Gasteiger partial charge in [-0.3, -0.25) is 0 Å². The van der Waals surface area contributed by atoms with Crippen LogP contribution in [-0.4, -0.2) is 38.9 Å². The Kier molecular flexibility index (Phi) is 6.14. The number of nitrogens with one attached hydrogen (secondary N) is 1. The van der Waals surface area contributed by atoms with Crippen LogP contribution in [0.15, 0.2) is 47.4 Å². The number of rotatable bonds is 3. The minimum Gasteiger partial charge on any atom is -0.369 e. The molecule has 1 saturated heterocycles. The molecule has 2 heterocycles. The molecule has 0 atom stereocenters. The van der Waals surface area contributed by atoms with Crippen LogP contribution in [0.4, 0.5) is 18.9 Å². The Morgan fingerprint density at radius 1 is 0.966 bits per heavy atom. The molecule has 0 radical (unpaired) electrons. The van der Waals surface area contributed by atoms with E-state index in [1.165, 1.54) is 10.4 Å². The van der Waals surface area contributed by atoms with Gasteiger partial charge >= 0.3 is 6.18 Å². The summed E-state index contributed by atoms with van der Waals surface area (Å²) >= 11 is 0. The smallest absolute Gasteiger partial charge is 0.369 e. The van der Waals surface area contributed by atoms with Crippen LogP contribution < -0.4 is 10.2 Å². The predicted molar refractivity (Wildman–Crippen MR) is 107 cm³/mol. The van der Waals surface area contributed by atoms with Crippen molar-refractivity contribution in [2.45, 2.75) is 24.2 Å². The van der Waals surface area contributed by atoms with Crippen molar-refractivity contribution in [3.05, 3.63) is 59.2 Å². The number of piperazine rings is 1. The largest absolute Gasteiger partial charge is 0.416 e. The summed E-state index contributed by atoms with van der Waals surface area (Å²) in [5, 5.41) is 3.28. The molecule has 29 heavy (non-hydrogen) atoms. The topological polar surface area (TPSA) is 52.7 Å². The first-order valence-corrected chi connectivity index (χ1v) is 10.4. The molecular weight excluding hydrogens is 427 g/mol. The van der Waals surface area contributed by atoms with Crippen LogP contribution in [0.2, 0.25) is 0 Å². The molecule has 2 aromatic rings. The molecular formula is C19H21ClF3N3O2S. The van der Waals surface area contributed by atoms with E-state index >= 15 is 0 Å². The molecule has 0 bridgehead atoms. The monoisotopic (exact) mass is 447 g/mol. The molecule has 0 saturated carbocycles. The summed E-state index contributed by atoms with van der Waals surface area (Å²) in [5.74, 6) is 0. The summed E-state index contributed by atoms with van der Waals surface area (Å²) in [7, 11) is -4.03. The minimum absolute atomic E-state index is 0. The van der Waals surface area contributed by atoms with Crippen molar-refractivity contribution in [3.63, 3.8) is 0 Å². The van der Waals surface area contributed by atoms with Crippen LogP contribution >= 0.6 is 12.4 Å². The SMILES string of the molecule is Cl.O=S(=O)(c1cccc(C(F)(F)F)c1)N1Cc2cccc(N3CCNCC3)c2C1. The van der Waals surface area contributed by atoms with Gasteiger partial charge in [0.25, 0.3) is 0 Å². The molecule has 0 aromatic heterocycles. The summed E-state index contributed by atoms with van der Waals surface area (Å²) in [4.78, 5) is 1.88. The third-order valence-corrected chi connectivity index (χ3v) is 6.97. The first-order chi connectivity index (χ1) is 13.3. The molecule has 0 aliphatic carbocycles. The Hall–Kier alpha value is -1.81. The number of hydrogen-bond acceptors (Lipinski definition) is 4. The zero-order valence-corrected chi connectivity index (χ0v) is 17.1. The minimum atomic E-state index is -4.59. The van der Waals surface area contributed by atoms with Gasteiger partial charge < -0.3 is 10.2 Å². The number of anilines is 1. The number of fused-ring (bicyclic) bond motifs is 1. The highest BCUT2D eigenvalue weighted by atomic mass is 35.5. The van der Waals surface area contributed by atoms with E-state index in [0.29, 0.717) is 6.07 Å². The lowest BCUT2D eigenvalue weighted by Crippen LogP contribution is -2.43. The fourth-order valence-corrected chi connectivity index (χ4v) is 5.16. The zero-order valence-electron chi connectivity index (χ0n) is 15.4. The van der Waals surface area contributed by atoms with Gasteiger partial charge in [0.2, 0.25) is 10.0 Å². The summed E-state index contributed by atoms with van der Waals surface area (Å²) in [6.45, 7) is 3.70. The molecule has 4 rings (SSSR count). The molecule has 1 fully saturated rings. The van der Waals surface area contributed by atoms with Crippen molar-refractivity contribution >= 4 is 28.1 Å². The van der Waals surface area contributed by atoms with Crippen molar-refractivity contribution in [1.29, 1.82) is 0 Å². The average Bonchev–Trinajstić information content (AvgIpc) is 3.13. The summed E-state index contributed by atoms with van der Waals surface area (Å²) in [6, 6.07) is 9.68. The summed E-state index contributed by atoms with van der Waals surface area (Å²) in [6.07, 6.45) is -4.59. The third kappa shape index (κ3) is 4.23. The van der Waals surface area contributed by atoms with Crippen LogP contribution in [0.5, 0.6) is 0 Å². The van der Waals surface area contributed by atoms with Gasteiger partial charge in [-0.15, -0.1) is 12.4 Å². The Balaban J connectivity index is 0.00000240.